The summed E-state index contributed by atoms with van der Waals surface area (Å²) in [5.41, 5.74) is 0. The average molecular weight is 410 g/mol. The lowest BCUT2D eigenvalue weighted by Gasteiger charge is -2.31. The second kappa shape index (κ2) is 18.2. The normalized spacial score (nSPS) is 12.9. The fourth-order valence-electron chi connectivity index (χ4n) is 3.24. The summed E-state index contributed by atoms with van der Waals surface area (Å²) in [6.07, 6.45) is 17.0. The number of unbranched alkanes of at least 4 members (excludes halogenated alkanes) is 11. The summed E-state index contributed by atoms with van der Waals surface area (Å²) in [6, 6.07) is 0. The van der Waals surface area contributed by atoms with Gasteiger partial charge >= 0.3 is 0 Å². The summed E-state index contributed by atoms with van der Waals surface area (Å²) in [6.45, 7) is 3.93. The molecule has 0 aromatic carbocycles. The minimum atomic E-state index is -0.223. The minimum absolute atomic E-state index is 0. The van der Waals surface area contributed by atoms with Gasteiger partial charge in [0.2, 0.25) is 0 Å². The Kier molecular flexibility index (Phi) is 20.1. The Hall–Kier alpha value is 0.360. The van der Waals surface area contributed by atoms with Gasteiger partial charge in [-0.05, 0) is 6.42 Å². The minimum Gasteiger partial charge on any atom is -1.00 e. The zero-order chi connectivity index (χ0) is 17.4. The van der Waals surface area contributed by atoms with Gasteiger partial charge in [-0.25, -0.2) is 0 Å². The summed E-state index contributed by atoms with van der Waals surface area (Å²) in [5.74, 6) is 0. The predicted molar refractivity (Wildman–Crippen MR) is 101 cm³/mol. The average Bonchev–Trinajstić information content (AvgIpc) is 2.47. The number of rotatable bonds is 17. The molecule has 0 rings (SSSR count). The molecule has 4 heteroatoms. The highest BCUT2D eigenvalue weighted by molar-refractivity contribution is 4.56. The lowest BCUT2D eigenvalue weighted by atomic mass is 10.0. The summed E-state index contributed by atoms with van der Waals surface area (Å²) in [5, 5.41) is 19.1. The number of aliphatic hydroxyl groups excluding tert-OH is 2. The number of quaternary nitrogens is 1. The van der Waals surface area contributed by atoms with Crippen molar-refractivity contribution in [2.75, 3.05) is 33.8 Å². The molecule has 0 heterocycles. The van der Waals surface area contributed by atoms with Crippen molar-refractivity contribution < 1.29 is 31.7 Å². The van der Waals surface area contributed by atoms with Gasteiger partial charge < -0.3 is 31.7 Å². The van der Waals surface area contributed by atoms with E-state index in [-0.39, 0.29) is 29.7 Å². The second-order valence-electron chi connectivity index (χ2n) is 7.90. The van der Waals surface area contributed by atoms with Crippen molar-refractivity contribution in [3.63, 3.8) is 0 Å². The van der Waals surface area contributed by atoms with E-state index in [1.807, 2.05) is 0 Å². The Balaban J connectivity index is 0. The monoisotopic (exact) mass is 409 g/mol. The smallest absolute Gasteiger partial charge is 0.105 e. The maximum Gasteiger partial charge on any atom is 0.105 e. The van der Waals surface area contributed by atoms with E-state index in [0.717, 1.165) is 25.9 Å². The topological polar surface area (TPSA) is 40.5 Å². The van der Waals surface area contributed by atoms with E-state index in [9.17, 15) is 5.11 Å². The van der Waals surface area contributed by atoms with Crippen LogP contribution in [0.1, 0.15) is 90.4 Å². The standard InChI is InChI=1S/C20H44NO2.BrH/c1-4-5-6-7-8-9-10-11-12-13-14-15-16-20(23)19-21(2,3)17-18-22;/h20,22-23H,4-19H2,1-3H3;1H/q+1;/p-1. The number of halogens is 1. The Morgan fingerprint density at radius 2 is 1.17 bits per heavy atom. The SMILES string of the molecule is CCCCCCCCCCCCCCC(O)C[N+](C)(C)CCO.[Br-]. The van der Waals surface area contributed by atoms with Crippen LogP contribution in [0.4, 0.5) is 0 Å². The summed E-state index contributed by atoms with van der Waals surface area (Å²) < 4.78 is 0.704. The third-order valence-corrected chi connectivity index (χ3v) is 4.80. The van der Waals surface area contributed by atoms with Gasteiger partial charge in [0.25, 0.3) is 0 Å². The van der Waals surface area contributed by atoms with Crippen LogP contribution in [0.25, 0.3) is 0 Å². The van der Waals surface area contributed by atoms with Gasteiger partial charge in [-0.3, -0.25) is 0 Å². The van der Waals surface area contributed by atoms with Crippen LogP contribution in [0.2, 0.25) is 0 Å². The van der Waals surface area contributed by atoms with Crippen molar-refractivity contribution in [2.24, 2.45) is 0 Å². The second-order valence-corrected chi connectivity index (χ2v) is 7.90. The fraction of sp³-hybridized carbons (Fsp3) is 1.00. The summed E-state index contributed by atoms with van der Waals surface area (Å²) >= 11 is 0. The van der Waals surface area contributed by atoms with Crippen molar-refractivity contribution in [1.29, 1.82) is 0 Å². The van der Waals surface area contributed by atoms with Gasteiger partial charge in [0.05, 0.1) is 20.7 Å². The number of likely N-dealkylation sites (N-methyl/N-ethyl adjacent to an activating group) is 1. The maximum absolute atomic E-state index is 10.1. The highest BCUT2D eigenvalue weighted by Crippen LogP contribution is 2.13. The molecule has 148 valence electrons. The highest BCUT2D eigenvalue weighted by atomic mass is 79.9. The first-order valence-corrected chi connectivity index (χ1v) is 10.1. The molecule has 1 unspecified atom stereocenters. The number of nitrogens with zero attached hydrogens (tertiary/aromatic N) is 1. The molecule has 0 saturated carbocycles. The maximum atomic E-state index is 10.1. The van der Waals surface area contributed by atoms with Crippen LogP contribution in [0.3, 0.4) is 0 Å². The van der Waals surface area contributed by atoms with E-state index < -0.39 is 0 Å². The molecule has 3 nitrogen and oxygen atoms in total. The van der Waals surface area contributed by atoms with Crippen molar-refractivity contribution in [3.8, 4) is 0 Å². The van der Waals surface area contributed by atoms with E-state index in [1.54, 1.807) is 0 Å². The largest absolute Gasteiger partial charge is 1.00 e. The van der Waals surface area contributed by atoms with Crippen LogP contribution in [-0.2, 0) is 0 Å². The van der Waals surface area contributed by atoms with Gasteiger partial charge in [0.15, 0.2) is 0 Å². The van der Waals surface area contributed by atoms with E-state index in [2.05, 4.69) is 21.0 Å². The third kappa shape index (κ3) is 18.7. The molecular formula is C20H44BrNO2. The molecule has 0 bridgehead atoms. The molecule has 0 aromatic rings. The van der Waals surface area contributed by atoms with E-state index in [1.165, 1.54) is 70.6 Å². The molecule has 0 aliphatic heterocycles. The van der Waals surface area contributed by atoms with Gasteiger partial charge in [-0.2, -0.15) is 0 Å². The van der Waals surface area contributed by atoms with E-state index in [0.29, 0.717) is 4.48 Å². The van der Waals surface area contributed by atoms with Crippen LogP contribution in [0.15, 0.2) is 0 Å². The van der Waals surface area contributed by atoms with Crippen LogP contribution in [-0.4, -0.2) is 54.6 Å². The van der Waals surface area contributed by atoms with Crippen LogP contribution in [0.5, 0.6) is 0 Å². The molecule has 0 spiro atoms. The molecule has 24 heavy (non-hydrogen) atoms. The molecule has 0 aliphatic carbocycles. The molecule has 0 aliphatic rings. The Bertz CT molecular complexity index is 250. The Morgan fingerprint density at radius 1 is 0.750 bits per heavy atom. The van der Waals surface area contributed by atoms with Crippen molar-refractivity contribution >= 4 is 0 Å². The highest BCUT2D eigenvalue weighted by Gasteiger charge is 2.19. The van der Waals surface area contributed by atoms with Crippen molar-refractivity contribution in [2.45, 2.75) is 96.5 Å². The summed E-state index contributed by atoms with van der Waals surface area (Å²) in [4.78, 5) is 0. The van der Waals surface area contributed by atoms with Gasteiger partial charge in [-0.1, -0.05) is 84.0 Å². The number of hydrogen-bond donors (Lipinski definition) is 2. The van der Waals surface area contributed by atoms with Crippen LogP contribution >= 0.6 is 0 Å². The first-order valence-electron chi connectivity index (χ1n) is 10.1. The van der Waals surface area contributed by atoms with Gasteiger partial charge in [0, 0.05) is 0 Å². The molecule has 2 N–H and O–H groups in total. The zero-order valence-electron chi connectivity index (χ0n) is 16.6. The molecule has 0 radical (unpaired) electrons. The van der Waals surface area contributed by atoms with Crippen molar-refractivity contribution in [3.05, 3.63) is 0 Å². The van der Waals surface area contributed by atoms with Crippen LogP contribution < -0.4 is 17.0 Å². The zero-order valence-corrected chi connectivity index (χ0v) is 18.2. The Morgan fingerprint density at radius 3 is 1.58 bits per heavy atom. The van der Waals surface area contributed by atoms with Gasteiger partial charge in [0.1, 0.15) is 19.2 Å². The first kappa shape index (κ1) is 26.6. The lowest BCUT2D eigenvalue weighted by Crippen LogP contribution is -3.00. The van der Waals surface area contributed by atoms with E-state index >= 15 is 0 Å². The van der Waals surface area contributed by atoms with Crippen LogP contribution in [0, 0.1) is 0 Å². The van der Waals surface area contributed by atoms with E-state index in [4.69, 9.17) is 5.11 Å². The molecular weight excluding hydrogens is 366 g/mol. The molecule has 0 amide bonds. The number of aliphatic hydroxyl groups is 2. The van der Waals surface area contributed by atoms with Crippen molar-refractivity contribution in [1.82, 2.24) is 0 Å². The molecule has 0 fully saturated rings. The lowest BCUT2D eigenvalue weighted by molar-refractivity contribution is -0.893. The number of hydrogen-bond acceptors (Lipinski definition) is 2. The van der Waals surface area contributed by atoms with Gasteiger partial charge in [-0.15, -0.1) is 0 Å². The third-order valence-electron chi connectivity index (χ3n) is 4.80. The molecule has 1 atom stereocenters. The summed E-state index contributed by atoms with van der Waals surface area (Å²) in [7, 11) is 4.14. The first-order chi connectivity index (χ1) is 11.0. The molecule has 0 aromatic heterocycles. The fourth-order valence-corrected chi connectivity index (χ4v) is 3.24. The molecule has 0 saturated heterocycles. The predicted octanol–water partition coefficient (Wildman–Crippen LogP) is 1.51. The quantitative estimate of drug-likeness (QED) is 0.282. The Labute approximate surface area is 162 Å².